The Labute approximate surface area is 204 Å². The summed E-state index contributed by atoms with van der Waals surface area (Å²) in [5.74, 6) is -0.355. The molecule has 3 amide bonds. The number of urea groups is 1. The molecule has 10 heteroatoms. The number of nitrogens with one attached hydrogen (secondary N) is 3. The van der Waals surface area contributed by atoms with Crippen LogP contribution in [-0.4, -0.2) is 28.5 Å². The van der Waals surface area contributed by atoms with Gasteiger partial charge in [-0.25, -0.2) is 14.8 Å². The second-order valence-corrected chi connectivity index (χ2v) is 8.01. The molecule has 4 aromatic rings. The smallest absolute Gasteiger partial charge is 0.338 e. The number of fused-ring (bicyclic) bond motifs is 1. The van der Waals surface area contributed by atoms with Gasteiger partial charge in [-0.1, -0.05) is 18.2 Å². The molecule has 0 fully saturated rings. The van der Waals surface area contributed by atoms with E-state index in [2.05, 4.69) is 25.9 Å². The van der Waals surface area contributed by atoms with Crippen molar-refractivity contribution in [2.24, 2.45) is 0 Å². The number of benzene rings is 3. The highest BCUT2D eigenvalue weighted by atomic mass is 19.4. The number of rotatable bonds is 5. The molecule has 0 atom stereocenters. The highest BCUT2D eigenvalue weighted by molar-refractivity contribution is 6.05. The van der Waals surface area contributed by atoms with Gasteiger partial charge in [0.05, 0.1) is 11.1 Å². The third kappa shape index (κ3) is 5.60. The first kappa shape index (κ1) is 24.6. The van der Waals surface area contributed by atoms with Gasteiger partial charge in [0.25, 0.3) is 5.91 Å². The Morgan fingerprint density at radius 2 is 1.78 bits per heavy atom. The summed E-state index contributed by atoms with van der Waals surface area (Å²) in [5, 5.41) is 8.43. The lowest BCUT2D eigenvalue weighted by atomic mass is 9.97. The highest BCUT2D eigenvalue weighted by Gasteiger charge is 2.30. The van der Waals surface area contributed by atoms with E-state index in [0.717, 1.165) is 34.2 Å². The third-order valence-electron chi connectivity index (χ3n) is 5.40. The van der Waals surface area contributed by atoms with Gasteiger partial charge in [0.1, 0.15) is 0 Å². The zero-order valence-corrected chi connectivity index (χ0v) is 19.4. The normalized spacial score (nSPS) is 11.2. The number of hydrogen-bond acceptors (Lipinski definition) is 4. The SMILES string of the molecule is CCNC(=O)Nc1ncc2cc(-c3cc(C(=O)Nc4cccc(C(F)(F)F)c4)ccc3C)ccc2n1. The van der Waals surface area contributed by atoms with Crippen LogP contribution in [0.3, 0.4) is 0 Å². The van der Waals surface area contributed by atoms with Gasteiger partial charge in [-0.2, -0.15) is 13.2 Å². The second kappa shape index (κ2) is 10.0. The summed E-state index contributed by atoms with van der Waals surface area (Å²) in [4.78, 5) is 33.0. The Kier molecular flexibility index (Phi) is 6.86. The highest BCUT2D eigenvalue weighted by Crippen LogP contribution is 2.31. The number of anilines is 2. The Balaban J connectivity index is 1.59. The third-order valence-corrected chi connectivity index (χ3v) is 5.40. The van der Waals surface area contributed by atoms with Gasteiger partial charge in [-0.15, -0.1) is 0 Å². The number of nitrogens with zero attached hydrogens (tertiary/aromatic N) is 2. The first-order valence-corrected chi connectivity index (χ1v) is 11.1. The van der Waals surface area contributed by atoms with Crippen molar-refractivity contribution >= 4 is 34.5 Å². The van der Waals surface area contributed by atoms with Crippen LogP contribution in [0, 0.1) is 6.92 Å². The summed E-state index contributed by atoms with van der Waals surface area (Å²) in [6, 6.07) is 14.6. The zero-order chi connectivity index (χ0) is 25.9. The number of hydrogen-bond donors (Lipinski definition) is 3. The van der Waals surface area contributed by atoms with Gasteiger partial charge < -0.3 is 10.6 Å². The number of carbonyl (C=O) groups excluding carboxylic acids is 2. The molecule has 0 unspecified atom stereocenters. The van der Waals surface area contributed by atoms with Crippen molar-refractivity contribution < 1.29 is 22.8 Å². The van der Waals surface area contributed by atoms with Crippen LogP contribution in [0.15, 0.2) is 66.9 Å². The molecule has 1 heterocycles. The Hall–Kier alpha value is -4.47. The fourth-order valence-electron chi connectivity index (χ4n) is 3.62. The predicted octanol–water partition coefficient (Wildman–Crippen LogP) is 6.02. The number of carbonyl (C=O) groups is 2. The molecule has 0 radical (unpaired) electrons. The summed E-state index contributed by atoms with van der Waals surface area (Å²) in [6.07, 6.45) is -2.91. The summed E-state index contributed by atoms with van der Waals surface area (Å²) < 4.78 is 39.0. The van der Waals surface area contributed by atoms with Crippen LogP contribution in [0.5, 0.6) is 0 Å². The predicted molar refractivity (Wildman–Crippen MR) is 132 cm³/mol. The van der Waals surface area contributed by atoms with Gasteiger partial charge in [-0.3, -0.25) is 10.1 Å². The quantitative estimate of drug-likeness (QED) is 0.317. The van der Waals surface area contributed by atoms with E-state index >= 15 is 0 Å². The van der Waals surface area contributed by atoms with Gasteiger partial charge in [0.2, 0.25) is 5.95 Å². The van der Waals surface area contributed by atoms with Gasteiger partial charge in [0, 0.05) is 29.4 Å². The van der Waals surface area contributed by atoms with E-state index in [0.29, 0.717) is 17.6 Å². The molecule has 7 nitrogen and oxygen atoms in total. The lowest BCUT2D eigenvalue weighted by Gasteiger charge is -2.12. The minimum Gasteiger partial charge on any atom is -0.338 e. The topological polar surface area (TPSA) is 96.0 Å². The lowest BCUT2D eigenvalue weighted by Crippen LogP contribution is -2.29. The molecule has 0 saturated heterocycles. The monoisotopic (exact) mass is 493 g/mol. The molecule has 3 aromatic carbocycles. The molecule has 184 valence electrons. The minimum atomic E-state index is -4.50. The Bertz CT molecular complexity index is 1450. The first-order chi connectivity index (χ1) is 17.1. The van der Waals surface area contributed by atoms with Crippen molar-refractivity contribution in [3.63, 3.8) is 0 Å². The molecule has 3 N–H and O–H groups in total. The molecular formula is C26H22F3N5O2. The van der Waals surface area contributed by atoms with Crippen molar-refractivity contribution in [3.8, 4) is 11.1 Å². The van der Waals surface area contributed by atoms with Crippen LogP contribution in [0.25, 0.3) is 22.0 Å². The largest absolute Gasteiger partial charge is 0.416 e. The van der Waals surface area contributed by atoms with Crippen LogP contribution in [0.2, 0.25) is 0 Å². The Morgan fingerprint density at radius 1 is 0.972 bits per heavy atom. The second-order valence-electron chi connectivity index (χ2n) is 8.01. The Morgan fingerprint density at radius 3 is 2.53 bits per heavy atom. The number of aromatic nitrogens is 2. The van der Waals surface area contributed by atoms with Gasteiger partial charge >= 0.3 is 12.2 Å². The van der Waals surface area contributed by atoms with Crippen molar-refractivity contribution in [3.05, 3.63) is 83.6 Å². The molecule has 0 aliphatic rings. The van der Waals surface area contributed by atoms with E-state index in [1.807, 2.05) is 19.1 Å². The number of alkyl halides is 3. The summed E-state index contributed by atoms with van der Waals surface area (Å²) in [7, 11) is 0. The summed E-state index contributed by atoms with van der Waals surface area (Å²) in [6.45, 7) is 4.16. The van der Waals surface area contributed by atoms with Crippen molar-refractivity contribution in [1.82, 2.24) is 15.3 Å². The van der Waals surface area contributed by atoms with Crippen LogP contribution < -0.4 is 16.0 Å². The van der Waals surface area contributed by atoms with Crippen molar-refractivity contribution in [1.29, 1.82) is 0 Å². The first-order valence-electron chi connectivity index (χ1n) is 11.1. The molecule has 0 spiro atoms. The van der Waals surface area contributed by atoms with E-state index in [-0.39, 0.29) is 11.6 Å². The number of amides is 3. The maximum atomic E-state index is 13.0. The van der Waals surface area contributed by atoms with Crippen LogP contribution in [-0.2, 0) is 6.18 Å². The number of aryl methyl sites for hydroxylation is 1. The van der Waals surface area contributed by atoms with E-state index in [1.54, 1.807) is 37.4 Å². The zero-order valence-electron chi connectivity index (χ0n) is 19.4. The molecule has 0 aliphatic carbocycles. The average molecular weight is 493 g/mol. The molecule has 0 saturated carbocycles. The fourth-order valence-corrected chi connectivity index (χ4v) is 3.62. The van der Waals surface area contributed by atoms with Crippen molar-refractivity contribution in [2.75, 3.05) is 17.2 Å². The average Bonchev–Trinajstić information content (AvgIpc) is 2.84. The van der Waals surface area contributed by atoms with Gasteiger partial charge in [0.15, 0.2) is 0 Å². The number of halogens is 3. The molecule has 0 bridgehead atoms. The van der Waals surface area contributed by atoms with Crippen molar-refractivity contribution in [2.45, 2.75) is 20.0 Å². The molecular weight excluding hydrogens is 471 g/mol. The minimum absolute atomic E-state index is 0.0526. The van der Waals surface area contributed by atoms with Crippen LogP contribution in [0.1, 0.15) is 28.4 Å². The summed E-state index contributed by atoms with van der Waals surface area (Å²) in [5.41, 5.74) is 2.62. The maximum Gasteiger partial charge on any atom is 0.416 e. The molecule has 1 aromatic heterocycles. The lowest BCUT2D eigenvalue weighted by molar-refractivity contribution is -0.137. The standard InChI is InChI=1S/C26H22F3N5O2/c1-3-30-25(36)34-24-31-14-18-11-16(9-10-22(18)33-24)21-12-17(8-7-15(21)2)23(35)32-20-6-4-5-19(13-20)26(27,28)29/h4-14H,3H2,1-2H3,(H,32,35)(H2,30,31,33,34,36). The summed E-state index contributed by atoms with van der Waals surface area (Å²) >= 11 is 0. The maximum absolute atomic E-state index is 13.0. The molecule has 0 aliphatic heterocycles. The fraction of sp³-hybridized carbons (Fsp3) is 0.154. The molecule has 4 rings (SSSR count). The van der Waals surface area contributed by atoms with Crippen LogP contribution in [0.4, 0.5) is 29.6 Å². The molecule has 36 heavy (non-hydrogen) atoms. The van der Waals surface area contributed by atoms with E-state index in [9.17, 15) is 22.8 Å². The van der Waals surface area contributed by atoms with E-state index < -0.39 is 23.7 Å². The van der Waals surface area contributed by atoms with E-state index in [1.165, 1.54) is 12.1 Å². The van der Waals surface area contributed by atoms with Gasteiger partial charge in [-0.05, 0) is 73.0 Å². The van der Waals surface area contributed by atoms with Crippen LogP contribution >= 0.6 is 0 Å². The van der Waals surface area contributed by atoms with E-state index in [4.69, 9.17) is 0 Å².